The van der Waals surface area contributed by atoms with E-state index in [0.29, 0.717) is 5.56 Å². The van der Waals surface area contributed by atoms with Gasteiger partial charge in [-0.05, 0) is 50.8 Å². The van der Waals surface area contributed by atoms with E-state index in [0.717, 1.165) is 32.5 Å². The summed E-state index contributed by atoms with van der Waals surface area (Å²) in [6.07, 6.45) is -8.29. The molecule has 0 spiro atoms. The maximum absolute atomic E-state index is 13.9. The number of amides is 14. The van der Waals surface area contributed by atoms with E-state index in [2.05, 4.69) is 49.8 Å². The SMILES string of the molecule is CC(=O)NCSC[C@H](N)C(=O)N[C@@H](Cc1ccc(O)cc1)C(=O)N[C@@H](CC(=O)O)C(=O)N[C@@H](C)C(=O)N[C@@H](C)C(=O)N[C@H](C(=O)N[C@@H](CC(N)=O)C(=O)N[C@@H](CC(N)=O)C(=O)N[C@@H](CC(=O)O)C(=O)N[C@@H](CCC(=O)O)C(=O)N[C@H](C(=O)N[C@@H](CS)C(=O)O)[C@@H](C)O)C(C)C. The van der Waals surface area contributed by atoms with Crippen LogP contribution in [0.25, 0.3) is 0 Å². The molecule has 528 valence electrons. The van der Waals surface area contributed by atoms with Crippen LogP contribution in [0.4, 0.5) is 0 Å². The predicted molar refractivity (Wildman–Crippen MR) is 331 cm³/mol. The van der Waals surface area contributed by atoms with Crippen molar-refractivity contribution >= 4 is 131 Å². The Bertz CT molecular complexity index is 3000. The standard InChI is InChI=1S/C54H81N15O24S2/c1-21(2)41(68-44(82)23(4)59-43(81)22(3)60-47(85)33(16-39(77)78)64-48(86)30(13-26-7-9-27(72)10-8-26)62-45(83)28(55)19-95-20-58-25(6)71)52(90)66-32(15-37(57)74)50(88)63-31(14-36(56)73)49(87)65-34(17-40(79)80)51(89)61-29(11-12-38(75)76)46(84)69-42(24(5)70)53(91)67-35(18-94)54(92)93/h7-10,21-24,28-35,41-42,70,72,94H,11-20,55H2,1-6H3,(H2,56,73)(H2,57,74)(H,58,71)(H,59,81)(H,60,85)(H,61,89)(H,62,83)(H,63,88)(H,64,86)(H,65,87)(H,66,90)(H,67,91)(H,68,82)(H,69,84)(H,75,76)(H,77,78)(H,79,80)(H,92,93)/t22-,23-,24+,28-,29-,30-,31-,32-,33-,34-,35-,41-,42-/m0/s1. The molecule has 0 fully saturated rings. The lowest BCUT2D eigenvalue weighted by Gasteiger charge is -2.28. The molecular formula is C54H81N15O24S2. The Morgan fingerprint density at radius 1 is 0.474 bits per heavy atom. The molecular weight excluding hydrogens is 1310 g/mol. The summed E-state index contributed by atoms with van der Waals surface area (Å²) in [5, 5.41) is 84.2. The number of thioether (sulfide) groups is 1. The molecule has 1 aromatic carbocycles. The molecule has 0 saturated heterocycles. The quantitative estimate of drug-likeness (QED) is 0.0164. The van der Waals surface area contributed by atoms with Gasteiger partial charge in [-0.25, -0.2) is 4.79 Å². The van der Waals surface area contributed by atoms with E-state index in [9.17, 15) is 117 Å². The van der Waals surface area contributed by atoms with E-state index >= 15 is 0 Å². The number of phenolic OH excluding ortho intramolecular Hbond substituents is 1. The molecule has 39 nitrogen and oxygen atoms in total. The number of hydrogen-bond acceptors (Lipinski definition) is 23. The number of rotatable bonds is 43. The summed E-state index contributed by atoms with van der Waals surface area (Å²) in [6.45, 7) is 7.28. The number of carboxylic acids is 4. The average molecular weight is 1390 g/mol. The Balaban J connectivity index is 3.35. The van der Waals surface area contributed by atoms with E-state index in [1.54, 1.807) is 0 Å². The first-order chi connectivity index (χ1) is 44.2. The number of aliphatic hydroxyl groups is 1. The zero-order valence-electron chi connectivity index (χ0n) is 52.1. The highest BCUT2D eigenvalue weighted by atomic mass is 32.2. The number of hydrogen-bond donors (Lipinski definition) is 22. The number of benzene rings is 1. The van der Waals surface area contributed by atoms with Crippen LogP contribution >= 0.6 is 24.4 Å². The highest BCUT2D eigenvalue weighted by molar-refractivity contribution is 7.99. The van der Waals surface area contributed by atoms with Crippen LogP contribution < -0.4 is 81.0 Å². The van der Waals surface area contributed by atoms with E-state index in [1.807, 2.05) is 26.6 Å². The minimum absolute atomic E-state index is 0.0252. The van der Waals surface area contributed by atoms with Crippen LogP contribution in [0, 0.1) is 5.92 Å². The molecule has 0 bridgehead atoms. The molecule has 0 aliphatic carbocycles. The molecule has 0 aliphatic rings. The number of carbonyl (C=O) groups is 18. The van der Waals surface area contributed by atoms with Gasteiger partial charge in [0.2, 0.25) is 82.7 Å². The summed E-state index contributed by atoms with van der Waals surface area (Å²) >= 11 is 4.89. The summed E-state index contributed by atoms with van der Waals surface area (Å²) in [6, 6.07) is -16.1. The highest BCUT2D eigenvalue weighted by Crippen LogP contribution is 2.14. The van der Waals surface area contributed by atoms with Crippen LogP contribution in [0.5, 0.6) is 5.75 Å². The minimum Gasteiger partial charge on any atom is -0.508 e. The molecule has 95 heavy (non-hydrogen) atoms. The van der Waals surface area contributed by atoms with Crippen LogP contribution in [0.15, 0.2) is 24.3 Å². The van der Waals surface area contributed by atoms with E-state index in [4.69, 9.17) is 17.2 Å². The molecule has 0 aliphatic heterocycles. The van der Waals surface area contributed by atoms with Gasteiger partial charge in [-0.1, -0.05) is 26.0 Å². The number of aliphatic carboxylic acids is 4. The number of aliphatic hydroxyl groups excluding tert-OH is 1. The van der Waals surface area contributed by atoms with Gasteiger partial charge in [-0.3, -0.25) is 81.5 Å². The van der Waals surface area contributed by atoms with Gasteiger partial charge in [0.15, 0.2) is 0 Å². The van der Waals surface area contributed by atoms with Crippen LogP contribution in [0.3, 0.4) is 0 Å². The molecule has 0 saturated carbocycles. The topological polar surface area (TPSA) is 651 Å². The third kappa shape index (κ3) is 31.5. The highest BCUT2D eigenvalue weighted by Gasteiger charge is 2.38. The molecule has 0 heterocycles. The normalized spacial score (nSPS) is 15.0. The van der Waals surface area contributed by atoms with E-state index < -0.39 is 229 Å². The number of aromatic hydroxyl groups is 1. The molecule has 24 N–H and O–H groups in total. The van der Waals surface area contributed by atoms with Crippen molar-refractivity contribution in [2.75, 3.05) is 17.4 Å². The van der Waals surface area contributed by atoms with Gasteiger partial charge in [0.05, 0.1) is 43.7 Å². The van der Waals surface area contributed by atoms with Gasteiger partial charge >= 0.3 is 23.9 Å². The molecule has 13 atom stereocenters. The van der Waals surface area contributed by atoms with Crippen molar-refractivity contribution in [1.82, 2.24) is 63.8 Å². The van der Waals surface area contributed by atoms with Gasteiger partial charge in [0.1, 0.15) is 72.2 Å². The average Bonchev–Trinajstić information content (AvgIpc) is 0.911. The van der Waals surface area contributed by atoms with Crippen molar-refractivity contribution < 1.29 is 117 Å². The van der Waals surface area contributed by atoms with Gasteiger partial charge < -0.3 is 112 Å². The lowest BCUT2D eigenvalue weighted by atomic mass is 10.0. The minimum atomic E-state index is -2.26. The van der Waals surface area contributed by atoms with Crippen LogP contribution in [-0.4, -0.2) is 233 Å². The molecule has 1 aromatic rings. The molecule has 0 radical (unpaired) electrons. The second-order valence-electron chi connectivity index (χ2n) is 21.6. The number of primary amides is 2. The van der Waals surface area contributed by atoms with Crippen molar-refractivity contribution in [3.63, 3.8) is 0 Å². The molecule has 0 aromatic heterocycles. The first-order valence-electron chi connectivity index (χ1n) is 28.6. The zero-order chi connectivity index (χ0) is 72.7. The molecule has 41 heteroatoms. The second-order valence-corrected chi connectivity index (χ2v) is 23.0. The predicted octanol–water partition coefficient (Wildman–Crippen LogP) is -8.92. The molecule has 0 unspecified atom stereocenters. The second kappa shape index (κ2) is 40.9. The fraction of sp³-hybridized carbons (Fsp3) is 0.556. The number of thiol groups is 1. The summed E-state index contributed by atoms with van der Waals surface area (Å²) in [5.41, 5.74) is 17.1. The summed E-state index contributed by atoms with van der Waals surface area (Å²) in [5.74, 6) is -24.6. The number of carboxylic acid groups (broad SMARTS) is 4. The Morgan fingerprint density at radius 2 is 0.853 bits per heavy atom. The summed E-state index contributed by atoms with van der Waals surface area (Å²) < 4.78 is 0. The van der Waals surface area contributed by atoms with Crippen molar-refractivity contribution in [3.05, 3.63) is 29.8 Å². The Hall–Kier alpha value is -9.90. The number of carbonyl (C=O) groups excluding carboxylic acids is 14. The van der Waals surface area contributed by atoms with Crippen LogP contribution in [0.2, 0.25) is 0 Å². The van der Waals surface area contributed by atoms with E-state index in [1.165, 1.54) is 45.0 Å². The smallest absolute Gasteiger partial charge is 0.327 e. The van der Waals surface area contributed by atoms with E-state index in [-0.39, 0.29) is 29.7 Å². The van der Waals surface area contributed by atoms with Crippen molar-refractivity contribution in [3.8, 4) is 5.75 Å². The van der Waals surface area contributed by atoms with Crippen LogP contribution in [0.1, 0.15) is 85.6 Å². The third-order valence-electron chi connectivity index (χ3n) is 13.1. The van der Waals surface area contributed by atoms with Crippen molar-refractivity contribution in [2.45, 2.75) is 165 Å². The zero-order valence-corrected chi connectivity index (χ0v) is 53.8. The largest absolute Gasteiger partial charge is 0.508 e. The molecule has 1 rings (SSSR count). The number of nitrogens with two attached hydrogens (primary N) is 3. The van der Waals surface area contributed by atoms with Crippen molar-refractivity contribution in [1.29, 1.82) is 0 Å². The van der Waals surface area contributed by atoms with Crippen LogP contribution in [-0.2, 0) is 92.7 Å². The van der Waals surface area contributed by atoms with Gasteiger partial charge in [0, 0.05) is 31.3 Å². The Kier molecular flexibility index (Phi) is 35.8. The fourth-order valence-electron chi connectivity index (χ4n) is 7.95. The maximum atomic E-state index is 13.9. The Morgan fingerprint density at radius 3 is 1.27 bits per heavy atom. The maximum Gasteiger partial charge on any atom is 0.327 e. The van der Waals surface area contributed by atoms with Gasteiger partial charge in [-0.2, -0.15) is 12.6 Å². The summed E-state index contributed by atoms with van der Waals surface area (Å²) in [4.78, 5) is 232. The summed E-state index contributed by atoms with van der Waals surface area (Å²) in [7, 11) is 0. The number of phenols is 1. The Labute approximate surface area is 551 Å². The lowest BCUT2D eigenvalue weighted by Crippen LogP contribution is -2.62. The third-order valence-corrected chi connectivity index (χ3v) is 14.4. The number of nitrogens with one attached hydrogen (secondary N) is 12. The van der Waals surface area contributed by atoms with Gasteiger partial charge in [0.25, 0.3) is 0 Å². The first-order valence-corrected chi connectivity index (χ1v) is 30.4. The lowest BCUT2D eigenvalue weighted by molar-refractivity contribution is -0.143. The monoisotopic (exact) mass is 1390 g/mol. The molecule has 14 amide bonds. The fourth-order valence-corrected chi connectivity index (χ4v) is 9.02. The van der Waals surface area contributed by atoms with Crippen molar-refractivity contribution in [2.24, 2.45) is 23.1 Å². The first kappa shape index (κ1) is 83.1. The van der Waals surface area contributed by atoms with Gasteiger partial charge in [-0.15, -0.1) is 11.8 Å².